The first-order chi connectivity index (χ1) is 7.68. The topological polar surface area (TPSA) is 32.3 Å². The van der Waals surface area contributed by atoms with E-state index in [0.717, 1.165) is 25.1 Å². The van der Waals surface area contributed by atoms with Crippen molar-refractivity contribution >= 4 is 17.6 Å². The molecule has 4 heteroatoms. The van der Waals surface area contributed by atoms with Gasteiger partial charge in [0.25, 0.3) is 0 Å². The third kappa shape index (κ3) is 2.30. The highest BCUT2D eigenvalue weighted by Gasteiger charge is 2.23. The molecule has 0 saturated carbocycles. The van der Waals surface area contributed by atoms with Crippen molar-refractivity contribution in [2.75, 3.05) is 13.1 Å². The summed E-state index contributed by atoms with van der Waals surface area (Å²) in [4.78, 5) is 13.5. The molecule has 1 fully saturated rings. The molecule has 0 spiro atoms. The maximum atomic E-state index is 11.7. The summed E-state index contributed by atoms with van der Waals surface area (Å²) in [7, 11) is 0. The molecule has 1 heterocycles. The number of amides is 2. The molecule has 1 aromatic carbocycles. The summed E-state index contributed by atoms with van der Waals surface area (Å²) >= 11 is 5.95. The predicted molar refractivity (Wildman–Crippen MR) is 64.6 cm³/mol. The molecule has 2 amide bonds. The van der Waals surface area contributed by atoms with Gasteiger partial charge in [-0.2, -0.15) is 0 Å². The van der Waals surface area contributed by atoms with E-state index in [-0.39, 0.29) is 12.1 Å². The molecule has 0 bridgehead atoms. The Morgan fingerprint density at radius 3 is 3.00 bits per heavy atom. The van der Waals surface area contributed by atoms with E-state index in [0.29, 0.717) is 5.02 Å². The van der Waals surface area contributed by atoms with Crippen LogP contribution in [0, 0.1) is 0 Å². The minimum atomic E-state index is 0.0127. The third-order valence-electron chi connectivity index (χ3n) is 2.91. The fraction of sp³-hybridized carbons (Fsp3) is 0.417. The molecule has 1 atom stereocenters. The van der Waals surface area contributed by atoms with Gasteiger partial charge in [0, 0.05) is 18.1 Å². The number of hydrogen-bond acceptors (Lipinski definition) is 1. The second-order valence-electron chi connectivity index (χ2n) is 4.01. The van der Waals surface area contributed by atoms with Crippen LogP contribution in [0.15, 0.2) is 24.3 Å². The van der Waals surface area contributed by atoms with Crippen molar-refractivity contribution < 1.29 is 4.79 Å². The quantitative estimate of drug-likeness (QED) is 0.844. The average Bonchev–Trinajstić information content (AvgIpc) is 2.29. The molecule has 1 saturated heterocycles. The molecule has 3 nitrogen and oxygen atoms in total. The van der Waals surface area contributed by atoms with E-state index in [9.17, 15) is 4.79 Å². The van der Waals surface area contributed by atoms with E-state index in [4.69, 9.17) is 11.6 Å². The van der Waals surface area contributed by atoms with Gasteiger partial charge in [0.05, 0.1) is 6.04 Å². The van der Waals surface area contributed by atoms with Gasteiger partial charge in [-0.1, -0.05) is 23.7 Å². The lowest BCUT2D eigenvalue weighted by atomic mass is 10.1. The van der Waals surface area contributed by atoms with Crippen LogP contribution in [-0.4, -0.2) is 24.0 Å². The second-order valence-corrected chi connectivity index (χ2v) is 4.45. The smallest absolute Gasteiger partial charge is 0.317 e. The van der Waals surface area contributed by atoms with E-state index in [1.807, 2.05) is 36.1 Å². The van der Waals surface area contributed by atoms with Crippen LogP contribution in [0.4, 0.5) is 4.79 Å². The first kappa shape index (κ1) is 11.3. The number of benzene rings is 1. The molecule has 1 aliphatic rings. The summed E-state index contributed by atoms with van der Waals surface area (Å²) in [5, 5.41) is 3.56. The van der Waals surface area contributed by atoms with Gasteiger partial charge in [0.2, 0.25) is 0 Å². The number of hydrogen-bond donors (Lipinski definition) is 1. The molecule has 1 aliphatic heterocycles. The molecular formula is C12H15ClN2O. The standard InChI is InChI=1S/C12H15ClN2O/c1-9(10-4-2-5-11(13)8-10)15-7-3-6-14-12(15)16/h2,4-5,8-9H,3,6-7H2,1H3,(H,14,16). The molecule has 16 heavy (non-hydrogen) atoms. The normalized spacial score (nSPS) is 18.1. The van der Waals surface area contributed by atoms with Gasteiger partial charge in [-0.25, -0.2) is 4.79 Å². The van der Waals surface area contributed by atoms with Gasteiger partial charge >= 0.3 is 6.03 Å². The number of urea groups is 1. The second kappa shape index (κ2) is 4.74. The van der Waals surface area contributed by atoms with Crippen molar-refractivity contribution in [3.8, 4) is 0 Å². The van der Waals surface area contributed by atoms with Crippen molar-refractivity contribution in [2.45, 2.75) is 19.4 Å². The number of rotatable bonds is 2. The molecule has 1 aromatic rings. The number of nitrogens with one attached hydrogen (secondary N) is 1. The Bertz CT molecular complexity index is 394. The highest BCUT2D eigenvalue weighted by molar-refractivity contribution is 6.30. The lowest BCUT2D eigenvalue weighted by Gasteiger charge is -2.33. The maximum Gasteiger partial charge on any atom is 0.317 e. The van der Waals surface area contributed by atoms with Crippen LogP contribution in [0.1, 0.15) is 24.9 Å². The zero-order chi connectivity index (χ0) is 11.5. The monoisotopic (exact) mass is 238 g/mol. The van der Waals surface area contributed by atoms with Crippen molar-refractivity contribution in [1.82, 2.24) is 10.2 Å². The predicted octanol–water partition coefficient (Wildman–Crippen LogP) is 2.82. The van der Waals surface area contributed by atoms with Gasteiger partial charge < -0.3 is 10.2 Å². The Morgan fingerprint density at radius 2 is 2.31 bits per heavy atom. The van der Waals surface area contributed by atoms with Gasteiger partial charge in [-0.3, -0.25) is 0 Å². The zero-order valence-corrected chi connectivity index (χ0v) is 10.00. The first-order valence-corrected chi connectivity index (χ1v) is 5.86. The Labute approximate surface area is 100 Å². The summed E-state index contributed by atoms with van der Waals surface area (Å²) < 4.78 is 0. The summed E-state index contributed by atoms with van der Waals surface area (Å²) in [6, 6.07) is 7.74. The van der Waals surface area contributed by atoms with E-state index in [1.54, 1.807) is 0 Å². The summed E-state index contributed by atoms with van der Waals surface area (Å²) in [5.41, 5.74) is 1.07. The largest absolute Gasteiger partial charge is 0.338 e. The van der Waals surface area contributed by atoms with Crippen LogP contribution >= 0.6 is 11.6 Å². The van der Waals surface area contributed by atoms with Crippen LogP contribution in [0.2, 0.25) is 5.02 Å². The number of nitrogens with zero attached hydrogens (tertiary/aromatic N) is 1. The van der Waals surface area contributed by atoms with E-state index >= 15 is 0 Å². The van der Waals surface area contributed by atoms with Crippen molar-refractivity contribution in [1.29, 1.82) is 0 Å². The van der Waals surface area contributed by atoms with Crippen molar-refractivity contribution in [2.24, 2.45) is 0 Å². The molecule has 1 N–H and O–H groups in total. The number of carbonyl (C=O) groups is 1. The van der Waals surface area contributed by atoms with Crippen LogP contribution < -0.4 is 5.32 Å². The third-order valence-corrected chi connectivity index (χ3v) is 3.15. The Kier molecular flexibility index (Phi) is 3.34. The summed E-state index contributed by atoms with van der Waals surface area (Å²) in [5.74, 6) is 0. The van der Waals surface area contributed by atoms with Crippen LogP contribution in [0.25, 0.3) is 0 Å². The lowest BCUT2D eigenvalue weighted by molar-refractivity contribution is 0.166. The number of carbonyl (C=O) groups excluding carboxylic acids is 1. The molecule has 0 aliphatic carbocycles. The van der Waals surface area contributed by atoms with Gasteiger partial charge in [0.15, 0.2) is 0 Å². The van der Waals surface area contributed by atoms with Crippen LogP contribution in [0.5, 0.6) is 0 Å². The summed E-state index contributed by atoms with van der Waals surface area (Å²) in [6.07, 6.45) is 0.997. The molecule has 2 rings (SSSR count). The summed E-state index contributed by atoms with van der Waals surface area (Å²) in [6.45, 7) is 3.60. The first-order valence-electron chi connectivity index (χ1n) is 5.48. The van der Waals surface area contributed by atoms with Crippen molar-refractivity contribution in [3.63, 3.8) is 0 Å². The number of halogens is 1. The van der Waals surface area contributed by atoms with Crippen LogP contribution in [-0.2, 0) is 0 Å². The lowest BCUT2D eigenvalue weighted by Crippen LogP contribution is -2.47. The Balaban J connectivity index is 2.17. The van der Waals surface area contributed by atoms with Gasteiger partial charge in [-0.15, -0.1) is 0 Å². The van der Waals surface area contributed by atoms with E-state index in [1.165, 1.54) is 0 Å². The fourth-order valence-corrected chi connectivity index (χ4v) is 2.16. The highest BCUT2D eigenvalue weighted by Crippen LogP contribution is 2.24. The van der Waals surface area contributed by atoms with Gasteiger partial charge in [0.1, 0.15) is 0 Å². The Morgan fingerprint density at radius 1 is 1.50 bits per heavy atom. The molecule has 1 unspecified atom stereocenters. The van der Waals surface area contributed by atoms with E-state index < -0.39 is 0 Å². The maximum absolute atomic E-state index is 11.7. The molecule has 0 radical (unpaired) electrons. The average molecular weight is 239 g/mol. The Hall–Kier alpha value is -1.22. The highest BCUT2D eigenvalue weighted by atomic mass is 35.5. The zero-order valence-electron chi connectivity index (χ0n) is 9.24. The van der Waals surface area contributed by atoms with E-state index in [2.05, 4.69) is 5.32 Å². The van der Waals surface area contributed by atoms with Crippen molar-refractivity contribution in [3.05, 3.63) is 34.9 Å². The molecule has 0 aromatic heterocycles. The minimum Gasteiger partial charge on any atom is -0.338 e. The SMILES string of the molecule is CC(c1cccc(Cl)c1)N1CCCNC1=O. The molecular weight excluding hydrogens is 224 g/mol. The van der Waals surface area contributed by atoms with Gasteiger partial charge in [-0.05, 0) is 31.0 Å². The fourth-order valence-electron chi connectivity index (χ4n) is 1.96. The minimum absolute atomic E-state index is 0.0127. The van der Waals surface area contributed by atoms with Crippen LogP contribution in [0.3, 0.4) is 0 Å². The molecule has 86 valence electrons.